The molecule has 3 unspecified atom stereocenters. The third kappa shape index (κ3) is 3.67. The van der Waals surface area contributed by atoms with Gasteiger partial charge < -0.3 is 15.1 Å². The number of hydrogen-bond acceptors (Lipinski definition) is 5. The van der Waals surface area contributed by atoms with Crippen molar-refractivity contribution in [2.75, 3.05) is 40.8 Å². The topological polar surface area (TPSA) is 56.2 Å². The molecule has 4 aliphatic rings. The molecule has 5 heteroatoms. The molecule has 4 saturated carbocycles. The molecule has 2 N–H and O–H groups in total. The molecule has 0 bridgehead atoms. The Hall–Kier alpha value is -0.200. The third-order valence-electron chi connectivity index (χ3n) is 10.3. The minimum atomic E-state index is -0.533. The Labute approximate surface area is 184 Å². The lowest BCUT2D eigenvalue weighted by atomic mass is 9.43. The van der Waals surface area contributed by atoms with E-state index >= 15 is 0 Å². The van der Waals surface area contributed by atoms with E-state index in [0.717, 1.165) is 58.0 Å². The fourth-order valence-corrected chi connectivity index (χ4v) is 8.35. The van der Waals surface area contributed by atoms with Crippen LogP contribution in [0.3, 0.4) is 0 Å². The molecule has 0 aromatic rings. The molecule has 0 amide bonds. The van der Waals surface area contributed by atoms with Gasteiger partial charge in [-0.25, -0.2) is 0 Å². The van der Waals surface area contributed by atoms with Crippen molar-refractivity contribution in [1.82, 2.24) is 9.96 Å². The zero-order valence-electron chi connectivity index (χ0n) is 20.1. The Morgan fingerprint density at radius 1 is 0.933 bits per heavy atom. The first-order valence-corrected chi connectivity index (χ1v) is 12.5. The van der Waals surface area contributed by atoms with Gasteiger partial charge in [0.2, 0.25) is 0 Å². The van der Waals surface area contributed by atoms with Crippen LogP contribution in [0.2, 0.25) is 0 Å². The summed E-state index contributed by atoms with van der Waals surface area (Å²) in [5.41, 5.74) is -0.233. The molecule has 8 atom stereocenters. The number of fused-ring (bicyclic) bond motifs is 5. The van der Waals surface area contributed by atoms with Crippen molar-refractivity contribution < 1.29 is 15.1 Å². The summed E-state index contributed by atoms with van der Waals surface area (Å²) >= 11 is 0. The van der Waals surface area contributed by atoms with Crippen LogP contribution in [0.15, 0.2) is 0 Å². The lowest BCUT2D eigenvalue weighted by Gasteiger charge is -2.63. The highest BCUT2D eigenvalue weighted by molar-refractivity contribution is 5.16. The van der Waals surface area contributed by atoms with E-state index in [1.54, 1.807) is 0 Å². The fourth-order valence-electron chi connectivity index (χ4n) is 8.35. The van der Waals surface area contributed by atoms with Gasteiger partial charge in [-0.15, -0.1) is 0 Å². The lowest BCUT2D eigenvalue weighted by molar-refractivity contribution is -0.218. The molecule has 0 radical (unpaired) electrons. The van der Waals surface area contributed by atoms with Crippen LogP contribution in [-0.2, 0) is 4.84 Å². The van der Waals surface area contributed by atoms with Crippen molar-refractivity contribution in [3.8, 4) is 0 Å². The number of aliphatic hydroxyl groups is 2. The lowest BCUT2D eigenvalue weighted by Crippen LogP contribution is -2.62. The molecule has 4 rings (SSSR count). The number of rotatable bonds is 6. The molecule has 0 spiro atoms. The summed E-state index contributed by atoms with van der Waals surface area (Å²) in [6.45, 7) is 7.43. The van der Waals surface area contributed by atoms with E-state index in [1.165, 1.54) is 12.8 Å². The predicted molar refractivity (Wildman–Crippen MR) is 120 cm³/mol. The molecule has 0 heterocycles. The smallest absolute Gasteiger partial charge is 0.0811 e. The van der Waals surface area contributed by atoms with Crippen LogP contribution in [0, 0.1) is 34.5 Å². The van der Waals surface area contributed by atoms with Crippen LogP contribution < -0.4 is 0 Å². The van der Waals surface area contributed by atoms with Crippen LogP contribution in [0.25, 0.3) is 0 Å². The molecule has 0 aromatic carbocycles. The Morgan fingerprint density at radius 3 is 2.43 bits per heavy atom. The van der Waals surface area contributed by atoms with E-state index in [-0.39, 0.29) is 11.5 Å². The summed E-state index contributed by atoms with van der Waals surface area (Å²) in [6.07, 6.45) is 9.73. The van der Waals surface area contributed by atoms with Crippen LogP contribution in [0.4, 0.5) is 0 Å². The quantitative estimate of drug-likeness (QED) is 0.641. The summed E-state index contributed by atoms with van der Waals surface area (Å²) in [6, 6.07) is 0. The Balaban J connectivity index is 1.46. The molecular weight excluding hydrogens is 376 g/mol. The van der Waals surface area contributed by atoms with Gasteiger partial charge in [-0.1, -0.05) is 13.8 Å². The molecule has 5 nitrogen and oxygen atoms in total. The summed E-state index contributed by atoms with van der Waals surface area (Å²) in [5.74, 6) is 2.18. The van der Waals surface area contributed by atoms with Crippen LogP contribution in [0.5, 0.6) is 0 Å². The second-order valence-corrected chi connectivity index (χ2v) is 12.0. The van der Waals surface area contributed by atoms with Gasteiger partial charge in [0, 0.05) is 25.6 Å². The second-order valence-electron chi connectivity index (χ2n) is 12.0. The number of hydrogen-bond donors (Lipinski definition) is 2. The standard InChI is InChI=1S/C25H46N2O3/c1-23-11-9-20(28)16-18(23)6-7-22-21(23)10-12-24(2)19(8-13-25(22,24)29)17-27(5)30-15-14-26(3)4/h18-22,28-29H,6-17H2,1-5H3/t18?,19?,20?,21-,22-,23+,24-,25-/m1/s1. The van der Waals surface area contributed by atoms with Gasteiger partial charge in [0.1, 0.15) is 0 Å². The highest BCUT2D eigenvalue weighted by Gasteiger charge is 2.67. The molecule has 4 aliphatic carbocycles. The maximum Gasteiger partial charge on any atom is 0.0811 e. The summed E-state index contributed by atoms with van der Waals surface area (Å²) in [7, 11) is 6.20. The van der Waals surface area contributed by atoms with E-state index in [0.29, 0.717) is 35.7 Å². The predicted octanol–water partition coefficient (Wildman–Crippen LogP) is 3.55. The monoisotopic (exact) mass is 422 g/mol. The number of hydroxylamine groups is 2. The first-order valence-electron chi connectivity index (χ1n) is 12.5. The summed E-state index contributed by atoms with van der Waals surface area (Å²) in [5, 5.41) is 24.5. The second kappa shape index (κ2) is 8.30. The first kappa shape index (κ1) is 23.0. The van der Waals surface area contributed by atoms with Crippen molar-refractivity contribution in [2.24, 2.45) is 34.5 Å². The van der Waals surface area contributed by atoms with Crippen molar-refractivity contribution in [1.29, 1.82) is 0 Å². The van der Waals surface area contributed by atoms with E-state index in [4.69, 9.17) is 4.84 Å². The van der Waals surface area contributed by atoms with Crippen molar-refractivity contribution >= 4 is 0 Å². The Morgan fingerprint density at radius 2 is 1.70 bits per heavy atom. The van der Waals surface area contributed by atoms with Gasteiger partial charge in [0.25, 0.3) is 0 Å². The van der Waals surface area contributed by atoms with Gasteiger partial charge in [-0.05, 0) is 101 Å². The van der Waals surface area contributed by atoms with Gasteiger partial charge >= 0.3 is 0 Å². The highest BCUT2D eigenvalue weighted by Crippen LogP contribution is 2.69. The maximum atomic E-state index is 12.2. The summed E-state index contributed by atoms with van der Waals surface area (Å²) < 4.78 is 0. The van der Waals surface area contributed by atoms with Crippen molar-refractivity contribution in [2.45, 2.75) is 83.3 Å². The zero-order valence-corrected chi connectivity index (χ0v) is 20.1. The Kier molecular flexibility index (Phi) is 6.35. The average Bonchev–Trinajstić information content (AvgIpc) is 2.93. The van der Waals surface area contributed by atoms with E-state index in [9.17, 15) is 10.2 Å². The molecule has 0 saturated heterocycles. The minimum Gasteiger partial charge on any atom is -0.393 e. The molecule has 174 valence electrons. The first-order chi connectivity index (χ1) is 14.1. The van der Waals surface area contributed by atoms with Crippen molar-refractivity contribution in [3.05, 3.63) is 0 Å². The summed E-state index contributed by atoms with van der Waals surface area (Å²) in [4.78, 5) is 8.11. The average molecular weight is 423 g/mol. The molecule has 0 aromatic heterocycles. The van der Waals surface area contributed by atoms with E-state index < -0.39 is 5.60 Å². The molecule has 4 fully saturated rings. The number of nitrogens with zero attached hydrogens (tertiary/aromatic N) is 2. The maximum absolute atomic E-state index is 12.2. The van der Waals surface area contributed by atoms with E-state index in [1.807, 2.05) is 5.06 Å². The molecule has 0 aliphatic heterocycles. The normalized spacial score (nSPS) is 48.5. The van der Waals surface area contributed by atoms with Gasteiger partial charge in [-0.2, -0.15) is 5.06 Å². The number of likely N-dealkylation sites (N-methyl/N-ethyl adjacent to an activating group) is 1. The zero-order chi connectivity index (χ0) is 21.7. The molecular formula is C25H46N2O3. The minimum absolute atomic E-state index is 0.00921. The van der Waals surface area contributed by atoms with E-state index in [2.05, 4.69) is 39.9 Å². The van der Waals surface area contributed by atoms with Gasteiger partial charge in [0.15, 0.2) is 0 Å². The Bertz CT molecular complexity index is 615. The third-order valence-corrected chi connectivity index (χ3v) is 10.3. The van der Waals surface area contributed by atoms with Crippen LogP contribution >= 0.6 is 0 Å². The molecule has 30 heavy (non-hydrogen) atoms. The van der Waals surface area contributed by atoms with Gasteiger partial charge in [-0.3, -0.25) is 4.84 Å². The largest absolute Gasteiger partial charge is 0.393 e. The SMILES string of the molecule is CN(C)CCON(C)CC1CC[C@@]2(O)[C@@H]3CCC4CC(O)CC[C@]4(C)[C@@H]3CC[C@]12C. The van der Waals surface area contributed by atoms with Crippen LogP contribution in [-0.4, -0.2) is 72.7 Å². The highest BCUT2D eigenvalue weighted by atomic mass is 16.7. The number of aliphatic hydroxyl groups excluding tert-OH is 1. The van der Waals surface area contributed by atoms with Gasteiger partial charge in [0.05, 0.1) is 18.3 Å². The van der Waals surface area contributed by atoms with Crippen LogP contribution in [0.1, 0.15) is 71.6 Å². The fraction of sp³-hybridized carbons (Fsp3) is 1.00. The van der Waals surface area contributed by atoms with Crippen molar-refractivity contribution in [3.63, 3.8) is 0 Å².